The lowest BCUT2D eigenvalue weighted by Gasteiger charge is -2.32. The quantitative estimate of drug-likeness (QED) is 0.789. The largest absolute Gasteiger partial charge is 0.484 e. The molecule has 1 aromatic carbocycles. The van der Waals surface area contributed by atoms with E-state index in [4.69, 9.17) is 14.2 Å². The van der Waals surface area contributed by atoms with Gasteiger partial charge in [0.05, 0.1) is 13.7 Å². The summed E-state index contributed by atoms with van der Waals surface area (Å²) in [6.45, 7) is 3.26. The van der Waals surface area contributed by atoms with Gasteiger partial charge in [0.25, 0.3) is 5.91 Å². The number of amides is 1. The topological polar surface area (TPSA) is 73.8 Å². The van der Waals surface area contributed by atoms with Crippen LogP contribution in [0, 0.1) is 6.92 Å². The smallest absolute Gasteiger partial charge is 0.319 e. The van der Waals surface area contributed by atoms with Crippen LogP contribution >= 0.6 is 0 Å². The van der Waals surface area contributed by atoms with Gasteiger partial charge in [-0.25, -0.2) is 4.98 Å². The number of hydrogen-bond acceptors (Lipinski definition) is 6. The van der Waals surface area contributed by atoms with Crippen LogP contribution in [-0.2, 0) is 4.79 Å². The van der Waals surface area contributed by atoms with Crippen molar-refractivity contribution in [3.63, 3.8) is 0 Å². The van der Waals surface area contributed by atoms with Crippen molar-refractivity contribution in [2.45, 2.75) is 25.9 Å². The molecule has 3 rings (SSSR count). The van der Waals surface area contributed by atoms with Crippen molar-refractivity contribution in [2.75, 3.05) is 26.8 Å². The fraction of sp³-hybridized carbons (Fsp3) is 0.421. The normalized spacial score (nSPS) is 16.8. The first-order chi connectivity index (χ1) is 12.6. The lowest BCUT2D eigenvalue weighted by molar-refractivity contribution is -0.136. The maximum Gasteiger partial charge on any atom is 0.319 e. The Morgan fingerprint density at radius 3 is 2.85 bits per heavy atom. The van der Waals surface area contributed by atoms with Crippen LogP contribution in [0.1, 0.15) is 18.4 Å². The van der Waals surface area contributed by atoms with Gasteiger partial charge in [0.2, 0.25) is 5.88 Å². The molecule has 0 saturated carbocycles. The minimum Gasteiger partial charge on any atom is -0.484 e. The molecule has 1 aromatic heterocycles. The van der Waals surface area contributed by atoms with Crippen LogP contribution in [-0.4, -0.2) is 53.7 Å². The van der Waals surface area contributed by atoms with Gasteiger partial charge in [0.1, 0.15) is 11.9 Å². The average Bonchev–Trinajstić information content (AvgIpc) is 2.67. The van der Waals surface area contributed by atoms with E-state index in [1.165, 1.54) is 7.11 Å². The number of carbonyl (C=O) groups is 1. The summed E-state index contributed by atoms with van der Waals surface area (Å²) in [5.41, 5.74) is 1.15. The maximum atomic E-state index is 12.4. The molecule has 0 bridgehead atoms. The third kappa shape index (κ3) is 4.84. The van der Waals surface area contributed by atoms with Crippen LogP contribution in [0.5, 0.6) is 17.6 Å². The Kier molecular flexibility index (Phi) is 5.88. The highest BCUT2D eigenvalue weighted by Crippen LogP contribution is 2.18. The van der Waals surface area contributed by atoms with Crippen LogP contribution in [0.25, 0.3) is 0 Å². The molecule has 1 unspecified atom stereocenters. The first kappa shape index (κ1) is 18.0. The van der Waals surface area contributed by atoms with Crippen molar-refractivity contribution in [3.05, 3.63) is 42.1 Å². The molecular formula is C19H23N3O4. The second-order valence-electron chi connectivity index (χ2n) is 6.21. The van der Waals surface area contributed by atoms with E-state index in [0.717, 1.165) is 18.4 Å². The summed E-state index contributed by atoms with van der Waals surface area (Å²) >= 11 is 0. The molecule has 0 spiro atoms. The zero-order valence-electron chi connectivity index (χ0n) is 15.1. The van der Waals surface area contributed by atoms with Crippen molar-refractivity contribution >= 4 is 5.91 Å². The molecule has 138 valence electrons. The number of methoxy groups -OCH3 is 1. The summed E-state index contributed by atoms with van der Waals surface area (Å²) in [4.78, 5) is 22.3. The Morgan fingerprint density at radius 2 is 2.08 bits per heavy atom. The van der Waals surface area contributed by atoms with Crippen molar-refractivity contribution < 1.29 is 19.0 Å². The highest BCUT2D eigenvalue weighted by molar-refractivity contribution is 5.77. The summed E-state index contributed by atoms with van der Waals surface area (Å²) in [5.74, 6) is 1.10. The summed E-state index contributed by atoms with van der Waals surface area (Å²) < 4.78 is 16.5. The Labute approximate surface area is 152 Å². The standard InChI is InChI=1S/C19H23N3O4/c1-14-5-7-15(8-6-14)25-13-18(23)22-11-3-4-16(12-22)26-17-9-10-20-19(21-17)24-2/h5-10,16H,3-4,11-13H2,1-2H3. The van der Waals surface area contributed by atoms with Crippen molar-refractivity contribution in [3.8, 4) is 17.6 Å². The molecule has 1 fully saturated rings. The average molecular weight is 357 g/mol. The summed E-state index contributed by atoms with van der Waals surface area (Å²) in [5, 5.41) is 0. The van der Waals surface area contributed by atoms with Gasteiger partial charge < -0.3 is 19.1 Å². The van der Waals surface area contributed by atoms with Gasteiger partial charge in [-0.05, 0) is 31.9 Å². The number of benzene rings is 1. The Balaban J connectivity index is 1.52. The van der Waals surface area contributed by atoms with Crippen LogP contribution in [0.3, 0.4) is 0 Å². The van der Waals surface area contributed by atoms with E-state index in [1.54, 1.807) is 17.2 Å². The maximum absolute atomic E-state index is 12.4. The summed E-state index contributed by atoms with van der Waals surface area (Å²) in [6, 6.07) is 9.60. The van der Waals surface area contributed by atoms with Gasteiger partial charge in [0.15, 0.2) is 6.61 Å². The van der Waals surface area contributed by atoms with Crippen LogP contribution in [0.4, 0.5) is 0 Å². The van der Waals surface area contributed by atoms with E-state index in [-0.39, 0.29) is 24.6 Å². The molecule has 2 aromatic rings. The minimum absolute atomic E-state index is 0.0249. The zero-order chi connectivity index (χ0) is 18.4. The molecule has 7 heteroatoms. The van der Waals surface area contributed by atoms with E-state index >= 15 is 0 Å². The highest BCUT2D eigenvalue weighted by atomic mass is 16.5. The molecule has 1 amide bonds. The molecule has 1 atom stereocenters. The molecule has 1 aliphatic heterocycles. The molecule has 1 aliphatic rings. The van der Waals surface area contributed by atoms with Gasteiger partial charge >= 0.3 is 6.01 Å². The van der Waals surface area contributed by atoms with Gasteiger partial charge in [0, 0.05) is 18.8 Å². The van der Waals surface area contributed by atoms with E-state index in [0.29, 0.717) is 24.7 Å². The van der Waals surface area contributed by atoms with Gasteiger partial charge in [-0.3, -0.25) is 4.79 Å². The molecule has 2 heterocycles. The Bertz CT molecular complexity index is 736. The number of carbonyl (C=O) groups excluding carboxylic acids is 1. The molecule has 26 heavy (non-hydrogen) atoms. The fourth-order valence-electron chi connectivity index (χ4n) is 2.79. The van der Waals surface area contributed by atoms with Gasteiger partial charge in [-0.15, -0.1) is 0 Å². The number of aryl methyl sites for hydroxylation is 1. The van der Waals surface area contributed by atoms with Crippen molar-refractivity contribution in [2.24, 2.45) is 0 Å². The van der Waals surface area contributed by atoms with E-state index in [2.05, 4.69) is 9.97 Å². The number of ether oxygens (including phenoxy) is 3. The van der Waals surface area contributed by atoms with Crippen LogP contribution in [0.15, 0.2) is 36.5 Å². The third-order valence-corrected chi connectivity index (χ3v) is 4.19. The first-order valence-corrected chi connectivity index (χ1v) is 8.65. The highest BCUT2D eigenvalue weighted by Gasteiger charge is 2.25. The predicted molar refractivity (Wildman–Crippen MR) is 95.5 cm³/mol. The monoisotopic (exact) mass is 357 g/mol. The molecule has 0 radical (unpaired) electrons. The lowest BCUT2D eigenvalue weighted by Crippen LogP contribution is -2.46. The number of piperidine rings is 1. The van der Waals surface area contributed by atoms with Gasteiger partial charge in [-0.1, -0.05) is 17.7 Å². The van der Waals surface area contributed by atoms with Gasteiger partial charge in [-0.2, -0.15) is 4.98 Å². The fourth-order valence-corrected chi connectivity index (χ4v) is 2.79. The predicted octanol–water partition coefficient (Wildman–Crippen LogP) is 2.24. The SMILES string of the molecule is COc1nccc(OC2CCCN(C(=O)COc3ccc(C)cc3)C2)n1. The lowest BCUT2D eigenvalue weighted by atomic mass is 10.1. The van der Waals surface area contributed by atoms with E-state index in [9.17, 15) is 4.79 Å². The molecule has 1 saturated heterocycles. The van der Waals surface area contributed by atoms with E-state index < -0.39 is 0 Å². The van der Waals surface area contributed by atoms with Crippen molar-refractivity contribution in [1.29, 1.82) is 0 Å². The van der Waals surface area contributed by atoms with E-state index in [1.807, 2.05) is 31.2 Å². The third-order valence-electron chi connectivity index (χ3n) is 4.19. The van der Waals surface area contributed by atoms with Crippen LogP contribution in [0.2, 0.25) is 0 Å². The summed E-state index contributed by atoms with van der Waals surface area (Å²) in [7, 11) is 1.51. The Morgan fingerprint density at radius 1 is 1.27 bits per heavy atom. The second kappa shape index (κ2) is 8.51. The molecule has 7 nitrogen and oxygen atoms in total. The first-order valence-electron chi connectivity index (χ1n) is 8.65. The molecule has 0 N–H and O–H groups in total. The number of rotatable bonds is 6. The van der Waals surface area contributed by atoms with Crippen molar-refractivity contribution in [1.82, 2.24) is 14.9 Å². The van der Waals surface area contributed by atoms with Crippen LogP contribution < -0.4 is 14.2 Å². The molecule has 0 aliphatic carbocycles. The molecular weight excluding hydrogens is 334 g/mol. The zero-order valence-corrected chi connectivity index (χ0v) is 15.1. The Hall–Kier alpha value is -2.83. The number of aromatic nitrogens is 2. The number of likely N-dealkylation sites (tertiary alicyclic amines) is 1. The minimum atomic E-state index is -0.105. The summed E-state index contributed by atoms with van der Waals surface area (Å²) in [6.07, 6.45) is 3.23. The number of hydrogen-bond donors (Lipinski definition) is 0. The number of nitrogens with zero attached hydrogens (tertiary/aromatic N) is 3. The second-order valence-corrected chi connectivity index (χ2v) is 6.21.